The molecule has 1 aliphatic heterocycles. The fourth-order valence-corrected chi connectivity index (χ4v) is 2.42. The Morgan fingerprint density at radius 2 is 2.00 bits per heavy atom. The molecule has 0 spiro atoms. The van der Waals surface area contributed by atoms with Crippen LogP contribution in [0.1, 0.15) is 5.56 Å². The van der Waals surface area contributed by atoms with E-state index in [1.165, 1.54) is 18.2 Å². The van der Waals surface area contributed by atoms with Gasteiger partial charge in [-0.3, -0.25) is 0 Å². The van der Waals surface area contributed by atoms with Crippen molar-refractivity contribution in [2.75, 3.05) is 0 Å². The monoisotopic (exact) mass is 195 g/mol. The van der Waals surface area contributed by atoms with E-state index < -0.39 is 9.84 Å². The summed E-state index contributed by atoms with van der Waals surface area (Å²) in [6.07, 6.45) is 1.50. The molecule has 1 heterocycles. The van der Waals surface area contributed by atoms with Gasteiger partial charge in [0.05, 0.1) is 4.90 Å². The Bertz CT molecular complexity index is 502. The molecule has 1 aliphatic rings. The Kier molecular flexibility index (Phi) is 1.56. The number of sulfone groups is 1. The van der Waals surface area contributed by atoms with Crippen molar-refractivity contribution in [3.63, 3.8) is 0 Å². The van der Waals surface area contributed by atoms with Gasteiger partial charge in [-0.25, -0.2) is 8.42 Å². The van der Waals surface area contributed by atoms with Gasteiger partial charge in [0, 0.05) is 5.41 Å². The van der Waals surface area contributed by atoms with E-state index in [1.54, 1.807) is 6.07 Å². The fourth-order valence-electron chi connectivity index (χ4n) is 1.20. The van der Waals surface area contributed by atoms with Gasteiger partial charge in [-0.15, -0.1) is 4.91 Å². The van der Waals surface area contributed by atoms with Crippen molar-refractivity contribution in [1.82, 2.24) is 0 Å². The molecule has 0 atom stereocenters. The zero-order chi connectivity index (χ0) is 9.47. The molecule has 0 fully saturated rings. The molecule has 1 aromatic rings. The van der Waals surface area contributed by atoms with E-state index in [9.17, 15) is 13.3 Å². The lowest BCUT2D eigenvalue weighted by molar-refractivity contribution is 0.605. The largest absolute Gasteiger partial charge is 0.219 e. The van der Waals surface area contributed by atoms with Crippen LogP contribution in [-0.4, -0.2) is 8.42 Å². The number of nitroso groups, excluding NO2 is 1. The number of fused-ring (bicyclic) bond motifs is 1. The maximum atomic E-state index is 11.3. The number of benzene rings is 1. The number of hydrogen-bond donors (Lipinski definition) is 0. The molecule has 0 radical (unpaired) electrons. The third-order valence-corrected chi connectivity index (χ3v) is 3.30. The average molecular weight is 195 g/mol. The van der Waals surface area contributed by atoms with Crippen LogP contribution in [0.5, 0.6) is 0 Å². The van der Waals surface area contributed by atoms with Crippen LogP contribution in [0.25, 0.3) is 6.08 Å². The highest BCUT2D eigenvalue weighted by atomic mass is 32.2. The summed E-state index contributed by atoms with van der Waals surface area (Å²) in [6.45, 7) is 0. The van der Waals surface area contributed by atoms with Gasteiger partial charge >= 0.3 is 0 Å². The van der Waals surface area contributed by atoms with E-state index in [0.29, 0.717) is 5.56 Å². The first kappa shape index (κ1) is 8.12. The molecular weight excluding hydrogens is 190 g/mol. The highest BCUT2D eigenvalue weighted by Gasteiger charge is 2.20. The minimum Gasteiger partial charge on any atom is -0.219 e. The Labute approximate surface area is 74.8 Å². The summed E-state index contributed by atoms with van der Waals surface area (Å²) >= 11 is 0. The van der Waals surface area contributed by atoms with E-state index >= 15 is 0 Å². The lowest BCUT2D eigenvalue weighted by Crippen LogP contribution is -1.92. The predicted octanol–water partition coefficient (Wildman–Crippen LogP) is 1.84. The van der Waals surface area contributed by atoms with Gasteiger partial charge in [0.15, 0.2) is 0 Å². The van der Waals surface area contributed by atoms with Crippen LogP contribution in [0.15, 0.2) is 33.7 Å². The Balaban J connectivity index is 2.74. The number of nitrogens with zero attached hydrogens (tertiary/aromatic N) is 1. The molecule has 1 aromatic carbocycles. The van der Waals surface area contributed by atoms with E-state index in [4.69, 9.17) is 0 Å². The normalized spacial score (nSPS) is 16.9. The minimum atomic E-state index is -3.32. The quantitative estimate of drug-likeness (QED) is 0.642. The second-order valence-electron chi connectivity index (χ2n) is 2.66. The second-order valence-corrected chi connectivity index (χ2v) is 4.46. The van der Waals surface area contributed by atoms with Crippen molar-refractivity contribution in [2.24, 2.45) is 5.18 Å². The molecule has 0 bridgehead atoms. The molecule has 66 valence electrons. The first-order valence-electron chi connectivity index (χ1n) is 3.54. The van der Waals surface area contributed by atoms with Crippen molar-refractivity contribution in [3.8, 4) is 0 Å². The van der Waals surface area contributed by atoms with Crippen LogP contribution in [0, 0.1) is 4.91 Å². The molecule has 13 heavy (non-hydrogen) atoms. The van der Waals surface area contributed by atoms with Crippen molar-refractivity contribution >= 4 is 21.6 Å². The molecule has 2 rings (SSSR count). The zero-order valence-corrected chi connectivity index (χ0v) is 7.28. The summed E-state index contributed by atoms with van der Waals surface area (Å²) < 4.78 is 22.6. The highest BCUT2D eigenvalue weighted by Crippen LogP contribution is 2.29. The molecule has 4 nitrogen and oxygen atoms in total. The maximum Gasteiger partial charge on any atom is 0.200 e. The van der Waals surface area contributed by atoms with Crippen molar-refractivity contribution < 1.29 is 8.42 Å². The number of rotatable bonds is 1. The molecule has 0 N–H and O–H groups in total. The zero-order valence-electron chi connectivity index (χ0n) is 6.47. The topological polar surface area (TPSA) is 63.6 Å². The molecule has 0 amide bonds. The van der Waals surface area contributed by atoms with Gasteiger partial charge < -0.3 is 0 Å². The lowest BCUT2D eigenvalue weighted by Gasteiger charge is -1.97. The first-order chi connectivity index (χ1) is 6.13. The van der Waals surface area contributed by atoms with Crippen molar-refractivity contribution in [1.29, 1.82) is 0 Å². The van der Waals surface area contributed by atoms with Crippen LogP contribution < -0.4 is 0 Å². The molecule has 0 unspecified atom stereocenters. The molecular formula is C8H5NO3S. The van der Waals surface area contributed by atoms with Crippen LogP contribution in [-0.2, 0) is 9.84 Å². The van der Waals surface area contributed by atoms with Crippen molar-refractivity contribution in [2.45, 2.75) is 4.90 Å². The molecule has 0 aliphatic carbocycles. The summed E-state index contributed by atoms with van der Waals surface area (Å²) in [5.74, 6) is 0. The van der Waals surface area contributed by atoms with Gasteiger partial charge in [-0.2, -0.15) is 0 Å². The van der Waals surface area contributed by atoms with E-state index in [-0.39, 0.29) is 10.6 Å². The van der Waals surface area contributed by atoms with E-state index in [1.807, 2.05) is 0 Å². The maximum absolute atomic E-state index is 11.3. The summed E-state index contributed by atoms with van der Waals surface area (Å²) in [5.41, 5.74) is 0.735. The Morgan fingerprint density at radius 1 is 1.23 bits per heavy atom. The third kappa shape index (κ3) is 1.17. The fraction of sp³-hybridized carbons (Fsp3) is 0. The van der Waals surface area contributed by atoms with Gasteiger partial charge in [-0.05, 0) is 28.9 Å². The number of hydrogen-bond acceptors (Lipinski definition) is 4. The summed E-state index contributed by atoms with van der Waals surface area (Å²) in [5, 5.41) is 3.79. The van der Waals surface area contributed by atoms with Crippen LogP contribution in [0.2, 0.25) is 0 Å². The smallest absolute Gasteiger partial charge is 0.200 e. The SMILES string of the molecule is O=Nc1ccc2c(c1)S(=O)(=O)C=C2. The first-order valence-corrected chi connectivity index (χ1v) is 5.09. The molecule has 0 saturated carbocycles. The van der Waals surface area contributed by atoms with E-state index in [0.717, 1.165) is 5.41 Å². The second kappa shape index (κ2) is 2.50. The van der Waals surface area contributed by atoms with Crippen LogP contribution in [0.4, 0.5) is 5.69 Å². The Morgan fingerprint density at radius 3 is 2.69 bits per heavy atom. The summed E-state index contributed by atoms with van der Waals surface area (Å²) in [4.78, 5) is 10.3. The highest BCUT2D eigenvalue weighted by molar-refractivity contribution is 7.94. The molecule has 5 heteroatoms. The van der Waals surface area contributed by atoms with Gasteiger partial charge in [0.25, 0.3) is 0 Å². The van der Waals surface area contributed by atoms with Crippen LogP contribution in [0.3, 0.4) is 0 Å². The predicted molar refractivity (Wildman–Crippen MR) is 48.1 cm³/mol. The van der Waals surface area contributed by atoms with E-state index in [2.05, 4.69) is 5.18 Å². The summed E-state index contributed by atoms with van der Waals surface area (Å²) in [6, 6.07) is 4.32. The summed E-state index contributed by atoms with van der Waals surface area (Å²) in [7, 11) is -3.32. The van der Waals surface area contributed by atoms with Gasteiger partial charge in [0.1, 0.15) is 5.69 Å². The van der Waals surface area contributed by atoms with Crippen molar-refractivity contribution in [3.05, 3.63) is 34.1 Å². The van der Waals surface area contributed by atoms with Crippen LogP contribution >= 0.6 is 0 Å². The lowest BCUT2D eigenvalue weighted by atomic mass is 10.2. The minimum absolute atomic E-state index is 0.131. The van der Waals surface area contributed by atoms with Gasteiger partial charge in [-0.1, -0.05) is 6.07 Å². The Hall–Kier alpha value is -1.49. The third-order valence-electron chi connectivity index (χ3n) is 1.84. The molecule has 0 saturated heterocycles. The molecule has 0 aromatic heterocycles. The standard InChI is InChI=1S/C8H5NO3S/c10-9-7-2-1-6-3-4-13(11,12)8(6)5-7/h1-5H. The average Bonchev–Trinajstić information content (AvgIpc) is 2.42. The van der Waals surface area contributed by atoms with Gasteiger partial charge in [0.2, 0.25) is 9.84 Å².